The molecule has 1 saturated carbocycles. The molecule has 0 aromatic heterocycles. The molecule has 0 bridgehead atoms. The van der Waals surface area contributed by atoms with Gasteiger partial charge in [-0.1, -0.05) is 31.4 Å². The molecule has 0 saturated heterocycles. The van der Waals surface area contributed by atoms with Gasteiger partial charge in [-0.05, 0) is 30.5 Å². The summed E-state index contributed by atoms with van der Waals surface area (Å²) in [5.74, 6) is 2.14. The lowest BCUT2D eigenvalue weighted by Crippen LogP contribution is -2.32. The zero-order chi connectivity index (χ0) is 13.7. The van der Waals surface area contributed by atoms with Crippen LogP contribution in [0.3, 0.4) is 0 Å². The molecular formula is C16H24N2O. The van der Waals surface area contributed by atoms with Gasteiger partial charge in [0.2, 0.25) is 0 Å². The van der Waals surface area contributed by atoms with E-state index in [0.717, 1.165) is 18.1 Å². The van der Waals surface area contributed by atoms with E-state index < -0.39 is 0 Å². The van der Waals surface area contributed by atoms with Gasteiger partial charge in [0.1, 0.15) is 5.75 Å². The maximum Gasteiger partial charge on any atom is 0.119 e. The van der Waals surface area contributed by atoms with Gasteiger partial charge in [0.15, 0.2) is 0 Å². The van der Waals surface area contributed by atoms with Crippen LogP contribution in [0.4, 0.5) is 0 Å². The summed E-state index contributed by atoms with van der Waals surface area (Å²) in [5.41, 5.74) is 1.20. The van der Waals surface area contributed by atoms with E-state index in [1.807, 2.05) is 25.2 Å². The molecule has 1 aliphatic rings. The molecule has 0 spiro atoms. The van der Waals surface area contributed by atoms with Gasteiger partial charge in [-0.15, -0.1) is 0 Å². The molecule has 1 N–H and O–H groups in total. The maximum absolute atomic E-state index is 8.33. The smallest absolute Gasteiger partial charge is 0.119 e. The molecule has 1 aliphatic carbocycles. The van der Waals surface area contributed by atoms with Crippen LogP contribution in [0.5, 0.6) is 5.75 Å². The summed E-state index contributed by atoms with van der Waals surface area (Å²) in [6, 6.07) is 8.10. The molecule has 3 nitrogen and oxygen atoms in total. The van der Waals surface area contributed by atoms with Gasteiger partial charge >= 0.3 is 0 Å². The monoisotopic (exact) mass is 260 g/mol. The number of rotatable bonds is 4. The van der Waals surface area contributed by atoms with Gasteiger partial charge in [-0.2, -0.15) is 0 Å². The fraction of sp³-hybridized carbons (Fsp3) is 0.562. The number of hydrogen-bond acceptors (Lipinski definition) is 2. The highest BCUT2D eigenvalue weighted by Gasteiger charge is 2.20. The zero-order valence-electron chi connectivity index (χ0n) is 12.0. The molecule has 0 amide bonds. The van der Waals surface area contributed by atoms with Crippen molar-refractivity contribution in [2.75, 3.05) is 14.2 Å². The number of nitrogens with one attached hydrogen (secondary N) is 1. The van der Waals surface area contributed by atoms with Crippen LogP contribution in [0.2, 0.25) is 0 Å². The number of ether oxygens (including phenoxy) is 1. The highest BCUT2D eigenvalue weighted by atomic mass is 16.5. The van der Waals surface area contributed by atoms with Crippen LogP contribution in [0, 0.1) is 11.3 Å². The fourth-order valence-corrected chi connectivity index (χ4v) is 2.82. The summed E-state index contributed by atoms with van der Waals surface area (Å²) in [4.78, 5) is 2.07. The average molecular weight is 260 g/mol. The predicted molar refractivity (Wildman–Crippen MR) is 78.8 cm³/mol. The standard InChI is InChI=1S/C16H24N2O/c1-18(16(17)14-8-4-3-5-9-14)12-13-7-6-10-15(11-13)19-2/h6-7,10-11,14,17H,3-5,8-9,12H2,1-2H3. The first kappa shape index (κ1) is 13.9. The molecule has 19 heavy (non-hydrogen) atoms. The highest BCUT2D eigenvalue weighted by molar-refractivity contribution is 5.81. The lowest BCUT2D eigenvalue weighted by atomic mass is 9.88. The van der Waals surface area contributed by atoms with Crippen molar-refractivity contribution in [1.29, 1.82) is 5.41 Å². The zero-order valence-corrected chi connectivity index (χ0v) is 12.0. The molecule has 1 fully saturated rings. The summed E-state index contributed by atoms with van der Waals surface area (Å²) in [5, 5.41) is 8.33. The second kappa shape index (κ2) is 6.60. The van der Waals surface area contributed by atoms with E-state index in [2.05, 4.69) is 11.0 Å². The van der Waals surface area contributed by atoms with Gasteiger partial charge in [-0.3, -0.25) is 5.41 Å². The van der Waals surface area contributed by atoms with Crippen molar-refractivity contribution in [3.63, 3.8) is 0 Å². The SMILES string of the molecule is COc1cccc(CN(C)C(=N)C2CCCCC2)c1. The largest absolute Gasteiger partial charge is 0.497 e. The van der Waals surface area contributed by atoms with Crippen molar-refractivity contribution in [2.24, 2.45) is 5.92 Å². The number of methoxy groups -OCH3 is 1. The summed E-state index contributed by atoms with van der Waals surface area (Å²) in [6.45, 7) is 0.784. The number of benzene rings is 1. The van der Waals surface area contributed by atoms with Crippen molar-refractivity contribution in [3.05, 3.63) is 29.8 Å². The normalized spacial score (nSPS) is 16.1. The second-order valence-electron chi connectivity index (χ2n) is 5.43. The first-order chi connectivity index (χ1) is 9.20. The molecular weight excluding hydrogens is 236 g/mol. The average Bonchev–Trinajstić information content (AvgIpc) is 2.47. The Bertz CT molecular complexity index is 425. The first-order valence-electron chi connectivity index (χ1n) is 7.13. The van der Waals surface area contributed by atoms with Crippen molar-refractivity contribution < 1.29 is 4.74 Å². The molecule has 104 valence electrons. The van der Waals surface area contributed by atoms with Crippen molar-refractivity contribution >= 4 is 5.84 Å². The van der Waals surface area contributed by atoms with Crippen LogP contribution in [-0.2, 0) is 6.54 Å². The number of amidine groups is 1. The Labute approximate surface area is 116 Å². The van der Waals surface area contributed by atoms with Gasteiger partial charge in [0.25, 0.3) is 0 Å². The molecule has 1 aromatic carbocycles. The third-order valence-electron chi connectivity index (χ3n) is 3.96. The molecule has 0 heterocycles. The van der Waals surface area contributed by atoms with Crippen LogP contribution in [0.1, 0.15) is 37.7 Å². The van der Waals surface area contributed by atoms with Crippen molar-refractivity contribution in [1.82, 2.24) is 4.90 Å². The summed E-state index contributed by atoms with van der Waals surface area (Å²) in [7, 11) is 3.71. The van der Waals surface area contributed by atoms with Crippen LogP contribution < -0.4 is 4.74 Å². The third-order valence-corrected chi connectivity index (χ3v) is 3.96. The van der Waals surface area contributed by atoms with Crippen LogP contribution in [-0.4, -0.2) is 24.9 Å². The Balaban J connectivity index is 1.95. The van der Waals surface area contributed by atoms with Crippen LogP contribution in [0.25, 0.3) is 0 Å². The Morgan fingerprint density at radius 3 is 2.74 bits per heavy atom. The summed E-state index contributed by atoms with van der Waals surface area (Å²) >= 11 is 0. The Kier molecular flexibility index (Phi) is 4.83. The number of hydrogen-bond donors (Lipinski definition) is 1. The van der Waals surface area contributed by atoms with E-state index in [9.17, 15) is 0 Å². The second-order valence-corrected chi connectivity index (χ2v) is 5.43. The quantitative estimate of drug-likeness (QED) is 0.662. The molecule has 3 heteroatoms. The van der Waals surface area contributed by atoms with E-state index in [4.69, 9.17) is 10.1 Å². The maximum atomic E-state index is 8.33. The molecule has 0 aliphatic heterocycles. The van der Waals surface area contributed by atoms with Crippen molar-refractivity contribution in [2.45, 2.75) is 38.6 Å². The van der Waals surface area contributed by atoms with Crippen LogP contribution in [0.15, 0.2) is 24.3 Å². The van der Waals surface area contributed by atoms with E-state index in [-0.39, 0.29) is 0 Å². The Morgan fingerprint density at radius 2 is 2.05 bits per heavy atom. The molecule has 0 atom stereocenters. The highest BCUT2D eigenvalue weighted by Crippen LogP contribution is 2.26. The van der Waals surface area contributed by atoms with Crippen molar-refractivity contribution in [3.8, 4) is 5.75 Å². The van der Waals surface area contributed by atoms with Gasteiger partial charge in [0, 0.05) is 19.5 Å². The van der Waals surface area contributed by atoms with Gasteiger partial charge in [-0.25, -0.2) is 0 Å². The topological polar surface area (TPSA) is 36.3 Å². The van der Waals surface area contributed by atoms with E-state index in [1.54, 1.807) is 7.11 Å². The minimum atomic E-state index is 0.462. The van der Waals surface area contributed by atoms with E-state index in [0.29, 0.717) is 5.92 Å². The van der Waals surface area contributed by atoms with Gasteiger partial charge < -0.3 is 9.64 Å². The first-order valence-corrected chi connectivity index (χ1v) is 7.13. The lowest BCUT2D eigenvalue weighted by molar-refractivity contribution is 0.381. The fourth-order valence-electron chi connectivity index (χ4n) is 2.82. The van der Waals surface area contributed by atoms with Gasteiger partial charge in [0.05, 0.1) is 12.9 Å². The molecule has 1 aromatic rings. The molecule has 0 unspecified atom stereocenters. The minimum absolute atomic E-state index is 0.462. The lowest BCUT2D eigenvalue weighted by Gasteiger charge is -2.29. The molecule has 2 rings (SSSR count). The number of nitrogens with zero attached hydrogens (tertiary/aromatic N) is 1. The summed E-state index contributed by atoms with van der Waals surface area (Å²) in [6.07, 6.45) is 6.26. The Hall–Kier alpha value is -1.51. The van der Waals surface area contributed by atoms with Crippen LogP contribution >= 0.6 is 0 Å². The summed E-state index contributed by atoms with van der Waals surface area (Å²) < 4.78 is 5.24. The predicted octanol–water partition coefficient (Wildman–Crippen LogP) is 3.68. The Morgan fingerprint density at radius 1 is 1.32 bits per heavy atom. The van der Waals surface area contributed by atoms with E-state index in [1.165, 1.54) is 37.7 Å². The minimum Gasteiger partial charge on any atom is -0.497 e. The third kappa shape index (κ3) is 3.72. The van der Waals surface area contributed by atoms with E-state index >= 15 is 0 Å². The molecule has 0 radical (unpaired) electrons.